The molecule has 1 aromatic carbocycles. The van der Waals surface area contributed by atoms with E-state index in [0.717, 1.165) is 49.7 Å². The molecule has 0 bridgehead atoms. The lowest BCUT2D eigenvalue weighted by Gasteiger charge is -2.31. The summed E-state index contributed by atoms with van der Waals surface area (Å²) >= 11 is 12.0. The number of aryl methyl sites for hydroxylation is 1. The zero-order chi connectivity index (χ0) is 19.8. The predicted molar refractivity (Wildman–Crippen MR) is 119 cm³/mol. The van der Waals surface area contributed by atoms with Crippen molar-refractivity contribution in [3.8, 4) is 5.75 Å². The Balaban J connectivity index is 1.62. The van der Waals surface area contributed by atoms with E-state index in [1.807, 2.05) is 36.9 Å². The molecule has 0 saturated heterocycles. The molecule has 150 valence electrons. The normalized spacial score (nSPS) is 16.0. The number of allylic oxidation sites excluding steroid dienone is 2. The number of halogens is 1. The number of benzene rings is 1. The fraction of sp³-hybridized carbons (Fsp3) is 0.429. The Labute approximate surface area is 177 Å². The third kappa shape index (κ3) is 5.97. The van der Waals surface area contributed by atoms with Crippen LogP contribution in [0.3, 0.4) is 0 Å². The van der Waals surface area contributed by atoms with Crippen LogP contribution in [0.1, 0.15) is 25.7 Å². The van der Waals surface area contributed by atoms with Crippen molar-refractivity contribution < 1.29 is 4.74 Å². The van der Waals surface area contributed by atoms with Crippen LogP contribution in [0.15, 0.2) is 49.1 Å². The highest BCUT2D eigenvalue weighted by Gasteiger charge is 2.17. The lowest BCUT2D eigenvalue weighted by molar-refractivity contribution is 0.316. The summed E-state index contributed by atoms with van der Waals surface area (Å²) in [7, 11) is 1.61. The molecule has 28 heavy (non-hydrogen) atoms. The van der Waals surface area contributed by atoms with Crippen molar-refractivity contribution in [2.75, 3.05) is 25.5 Å². The lowest BCUT2D eigenvalue weighted by atomic mass is 9.94. The van der Waals surface area contributed by atoms with Gasteiger partial charge in [0.05, 0.1) is 18.5 Å². The number of hydrogen-bond acceptors (Lipinski definition) is 3. The predicted octanol–water partition coefficient (Wildman–Crippen LogP) is 4.99. The van der Waals surface area contributed by atoms with E-state index in [1.165, 1.54) is 6.42 Å². The van der Waals surface area contributed by atoms with Gasteiger partial charge < -0.3 is 19.5 Å². The zero-order valence-electron chi connectivity index (χ0n) is 16.2. The summed E-state index contributed by atoms with van der Waals surface area (Å²) in [5.74, 6) is 1.29. The molecule has 2 aromatic rings. The molecule has 1 N–H and O–H groups in total. The van der Waals surface area contributed by atoms with E-state index in [0.29, 0.717) is 16.7 Å². The van der Waals surface area contributed by atoms with Crippen LogP contribution < -0.4 is 10.1 Å². The second-order valence-electron chi connectivity index (χ2n) is 7.03. The van der Waals surface area contributed by atoms with Crippen LogP contribution >= 0.6 is 23.8 Å². The fourth-order valence-electron chi connectivity index (χ4n) is 3.42. The second-order valence-corrected chi connectivity index (χ2v) is 7.82. The van der Waals surface area contributed by atoms with Crippen molar-refractivity contribution in [3.63, 3.8) is 0 Å². The molecule has 0 spiro atoms. The molecule has 0 amide bonds. The standard InChI is InChI=1S/C21H27ClN4OS/c1-27-20-9-8-18(14-19(20)22)24-21(28)26(15-17-6-3-2-4-7-17)12-5-11-25-13-10-23-16-25/h2-3,8-10,13-14,16-17H,4-7,11-12,15H2,1H3,(H,24,28). The number of imidazole rings is 1. The molecule has 1 aliphatic carbocycles. The summed E-state index contributed by atoms with van der Waals surface area (Å²) in [5, 5.41) is 4.65. The highest BCUT2D eigenvalue weighted by molar-refractivity contribution is 7.80. The molecule has 0 aliphatic heterocycles. The van der Waals surface area contributed by atoms with Crippen LogP contribution in [0.5, 0.6) is 5.75 Å². The molecule has 1 aromatic heterocycles. The van der Waals surface area contributed by atoms with Gasteiger partial charge in [0, 0.05) is 37.7 Å². The highest BCUT2D eigenvalue weighted by atomic mass is 35.5. The van der Waals surface area contributed by atoms with E-state index in [-0.39, 0.29) is 0 Å². The zero-order valence-corrected chi connectivity index (χ0v) is 17.8. The number of aromatic nitrogens is 2. The largest absolute Gasteiger partial charge is 0.495 e. The van der Waals surface area contributed by atoms with Crippen molar-refractivity contribution in [1.82, 2.24) is 14.5 Å². The van der Waals surface area contributed by atoms with Crippen LogP contribution in [-0.4, -0.2) is 39.8 Å². The molecule has 1 aliphatic rings. The summed E-state index contributed by atoms with van der Waals surface area (Å²) in [5.41, 5.74) is 0.874. The first kappa shape index (κ1) is 20.7. The minimum atomic E-state index is 0.569. The first-order valence-electron chi connectivity index (χ1n) is 9.66. The maximum Gasteiger partial charge on any atom is 0.173 e. The van der Waals surface area contributed by atoms with Crippen molar-refractivity contribution in [2.45, 2.75) is 32.2 Å². The van der Waals surface area contributed by atoms with Gasteiger partial charge in [0.25, 0.3) is 0 Å². The SMILES string of the molecule is COc1ccc(NC(=S)N(CCCn2ccnc2)CC2CC=CCC2)cc1Cl. The van der Waals surface area contributed by atoms with Gasteiger partial charge in [0.1, 0.15) is 5.75 Å². The maximum absolute atomic E-state index is 6.25. The number of rotatable bonds is 8. The Kier molecular flexibility index (Phi) is 7.74. The van der Waals surface area contributed by atoms with Gasteiger partial charge >= 0.3 is 0 Å². The van der Waals surface area contributed by atoms with Crippen LogP contribution in [-0.2, 0) is 6.54 Å². The molecule has 5 nitrogen and oxygen atoms in total. The van der Waals surface area contributed by atoms with Crippen LogP contribution in [0.2, 0.25) is 5.02 Å². The number of nitrogens with zero attached hydrogens (tertiary/aromatic N) is 3. The maximum atomic E-state index is 6.25. The molecule has 1 atom stereocenters. The first-order chi connectivity index (χ1) is 13.7. The molecule has 3 rings (SSSR count). The van der Waals surface area contributed by atoms with E-state index in [9.17, 15) is 0 Å². The van der Waals surface area contributed by atoms with E-state index >= 15 is 0 Å². The molecule has 1 unspecified atom stereocenters. The summed E-state index contributed by atoms with van der Waals surface area (Å²) in [6.45, 7) is 2.79. The van der Waals surface area contributed by atoms with Crippen LogP contribution in [0, 0.1) is 5.92 Å². The third-order valence-electron chi connectivity index (χ3n) is 4.95. The van der Waals surface area contributed by atoms with Gasteiger partial charge in [-0.25, -0.2) is 4.98 Å². The van der Waals surface area contributed by atoms with E-state index in [1.54, 1.807) is 7.11 Å². The number of anilines is 1. The molecule has 1 heterocycles. The van der Waals surface area contributed by atoms with E-state index in [2.05, 4.69) is 31.9 Å². The minimum Gasteiger partial charge on any atom is -0.495 e. The Hall–Kier alpha value is -2.05. The first-order valence-corrected chi connectivity index (χ1v) is 10.4. The van der Waals surface area contributed by atoms with Crippen molar-refractivity contribution >= 4 is 34.6 Å². The monoisotopic (exact) mass is 418 g/mol. The van der Waals surface area contributed by atoms with Crippen LogP contribution in [0.4, 0.5) is 5.69 Å². The number of ether oxygens (including phenoxy) is 1. The van der Waals surface area contributed by atoms with E-state index < -0.39 is 0 Å². The van der Waals surface area contributed by atoms with Crippen molar-refractivity contribution in [1.29, 1.82) is 0 Å². The number of nitrogens with one attached hydrogen (secondary N) is 1. The summed E-state index contributed by atoms with van der Waals surface area (Å²) < 4.78 is 7.32. The lowest BCUT2D eigenvalue weighted by Crippen LogP contribution is -2.39. The Morgan fingerprint density at radius 1 is 1.43 bits per heavy atom. The average molecular weight is 419 g/mol. The fourth-order valence-corrected chi connectivity index (χ4v) is 3.96. The topological polar surface area (TPSA) is 42.3 Å². The Bertz CT molecular complexity index is 794. The molecular weight excluding hydrogens is 392 g/mol. The Morgan fingerprint density at radius 2 is 2.32 bits per heavy atom. The summed E-state index contributed by atoms with van der Waals surface area (Å²) in [6.07, 6.45) is 14.7. The number of hydrogen-bond donors (Lipinski definition) is 1. The smallest absolute Gasteiger partial charge is 0.173 e. The van der Waals surface area contributed by atoms with Gasteiger partial charge in [-0.05, 0) is 62.0 Å². The minimum absolute atomic E-state index is 0.569. The molecule has 0 saturated carbocycles. The number of methoxy groups -OCH3 is 1. The Morgan fingerprint density at radius 3 is 3.00 bits per heavy atom. The summed E-state index contributed by atoms with van der Waals surface area (Å²) in [6, 6.07) is 5.63. The number of thiocarbonyl (C=S) groups is 1. The van der Waals surface area contributed by atoms with Crippen molar-refractivity contribution in [2.24, 2.45) is 5.92 Å². The second kappa shape index (κ2) is 10.5. The highest BCUT2D eigenvalue weighted by Crippen LogP contribution is 2.27. The molecule has 0 fully saturated rings. The summed E-state index contributed by atoms with van der Waals surface area (Å²) in [4.78, 5) is 6.39. The van der Waals surface area contributed by atoms with Gasteiger partial charge in [-0.1, -0.05) is 23.8 Å². The third-order valence-corrected chi connectivity index (χ3v) is 5.61. The molecule has 7 heteroatoms. The quantitative estimate of drug-likeness (QED) is 0.483. The average Bonchev–Trinajstić information content (AvgIpc) is 3.21. The molecular formula is C21H27ClN4OS. The van der Waals surface area contributed by atoms with Crippen LogP contribution in [0.25, 0.3) is 0 Å². The van der Waals surface area contributed by atoms with Gasteiger partial charge in [-0.2, -0.15) is 0 Å². The molecule has 0 radical (unpaired) electrons. The van der Waals surface area contributed by atoms with Gasteiger partial charge in [0.15, 0.2) is 5.11 Å². The van der Waals surface area contributed by atoms with Gasteiger partial charge in [-0.3, -0.25) is 0 Å². The van der Waals surface area contributed by atoms with Gasteiger partial charge in [-0.15, -0.1) is 0 Å². The van der Waals surface area contributed by atoms with Crippen molar-refractivity contribution in [3.05, 3.63) is 54.1 Å². The van der Waals surface area contributed by atoms with Gasteiger partial charge in [0.2, 0.25) is 0 Å². The van der Waals surface area contributed by atoms with E-state index in [4.69, 9.17) is 28.6 Å².